The quantitative estimate of drug-likeness (QED) is 0.373. The van der Waals surface area contributed by atoms with Crippen LogP contribution in [0.5, 0.6) is 5.75 Å². The van der Waals surface area contributed by atoms with E-state index in [9.17, 15) is 13.2 Å². The number of sulfonamides is 1. The second-order valence-electron chi connectivity index (χ2n) is 13.4. The SMILES string of the molecule is C[C@@H]1[C@@H](C)S(=O)(=O)NC(=O)c2ccc3c(c2)N(Cc2ccc(Cl)c(F)c2CCCCO3)C[C@@H]2CC[C@H]2[C@@H](N(C)C)C2=C[C@H]1C2. The second kappa shape index (κ2) is 12.3. The van der Waals surface area contributed by atoms with Crippen LogP contribution in [0.2, 0.25) is 5.02 Å². The topological polar surface area (TPSA) is 79.0 Å². The fourth-order valence-corrected chi connectivity index (χ4v) is 9.12. The molecule has 2 aromatic carbocycles. The van der Waals surface area contributed by atoms with E-state index in [2.05, 4.69) is 34.7 Å². The Hall–Kier alpha value is -2.62. The van der Waals surface area contributed by atoms with E-state index in [1.165, 1.54) is 5.57 Å². The van der Waals surface area contributed by atoms with Crippen LogP contribution in [0.25, 0.3) is 0 Å². The van der Waals surface area contributed by atoms with Gasteiger partial charge < -0.3 is 14.5 Å². The van der Waals surface area contributed by atoms with Gasteiger partial charge in [-0.05, 0) is 119 Å². The molecule has 3 heterocycles. The fraction of sp³-hybridized carbons (Fsp3) is 0.559. The zero-order valence-corrected chi connectivity index (χ0v) is 27.6. The van der Waals surface area contributed by atoms with E-state index in [1.807, 2.05) is 13.0 Å². The molecule has 2 aliphatic carbocycles. The molecular weight excluding hydrogens is 601 g/mol. The van der Waals surface area contributed by atoms with Gasteiger partial charge in [0, 0.05) is 24.7 Å². The minimum absolute atomic E-state index is 0.118. The highest BCUT2D eigenvalue weighted by Gasteiger charge is 2.45. The summed E-state index contributed by atoms with van der Waals surface area (Å²) in [5, 5.41) is -0.623. The average Bonchev–Trinajstić information content (AvgIpc) is 2.97. The largest absolute Gasteiger partial charge is 0.491 e. The number of benzene rings is 2. The lowest BCUT2D eigenvalue weighted by Crippen LogP contribution is -2.51. The number of fused-ring (bicyclic) bond motifs is 5. The number of hydrogen-bond acceptors (Lipinski definition) is 6. The van der Waals surface area contributed by atoms with Crippen LogP contribution in [0, 0.1) is 29.5 Å². The van der Waals surface area contributed by atoms with Crippen molar-refractivity contribution in [3.05, 3.63) is 69.5 Å². The number of amides is 1. The summed E-state index contributed by atoms with van der Waals surface area (Å²) in [6, 6.07) is 8.92. The highest BCUT2D eigenvalue weighted by atomic mass is 35.5. The maximum atomic E-state index is 15.4. The van der Waals surface area contributed by atoms with Crippen molar-refractivity contribution in [3.63, 3.8) is 0 Å². The van der Waals surface area contributed by atoms with E-state index in [0.29, 0.717) is 55.0 Å². The molecule has 5 aliphatic rings. The highest BCUT2D eigenvalue weighted by molar-refractivity contribution is 7.90. The van der Waals surface area contributed by atoms with E-state index in [4.69, 9.17) is 16.3 Å². The second-order valence-corrected chi connectivity index (χ2v) is 15.9. The van der Waals surface area contributed by atoms with Crippen LogP contribution < -0.4 is 14.4 Å². The Bertz CT molecular complexity index is 1580. The van der Waals surface area contributed by atoms with Crippen molar-refractivity contribution in [2.45, 2.75) is 70.2 Å². The maximum Gasteiger partial charge on any atom is 0.264 e. The van der Waals surface area contributed by atoms with Crippen LogP contribution >= 0.6 is 11.6 Å². The molecule has 1 fully saturated rings. The van der Waals surface area contributed by atoms with Crippen molar-refractivity contribution in [1.29, 1.82) is 0 Å². The molecule has 0 unspecified atom stereocenters. The zero-order valence-electron chi connectivity index (χ0n) is 26.0. The van der Waals surface area contributed by atoms with Crippen molar-refractivity contribution >= 4 is 33.2 Å². The van der Waals surface area contributed by atoms with Crippen molar-refractivity contribution in [2.75, 3.05) is 32.1 Å². The number of rotatable bonds is 1. The van der Waals surface area contributed by atoms with Gasteiger partial charge in [-0.2, -0.15) is 0 Å². The number of nitrogens with one attached hydrogen (secondary N) is 1. The lowest BCUT2D eigenvalue weighted by molar-refractivity contribution is 0.0853. The fourth-order valence-electron chi connectivity index (χ4n) is 7.61. The lowest BCUT2D eigenvalue weighted by Gasteiger charge is -2.50. The molecule has 44 heavy (non-hydrogen) atoms. The molecule has 4 bridgehead atoms. The van der Waals surface area contributed by atoms with Crippen LogP contribution in [-0.2, 0) is 23.0 Å². The summed E-state index contributed by atoms with van der Waals surface area (Å²) in [6.07, 6.45) is 7.35. The Kier molecular flexibility index (Phi) is 8.76. The number of likely N-dealkylation sites (N-methyl/N-ethyl adjacent to an activating group) is 1. The Morgan fingerprint density at radius 1 is 1.11 bits per heavy atom. The van der Waals surface area contributed by atoms with Crippen molar-refractivity contribution in [2.24, 2.45) is 23.7 Å². The van der Waals surface area contributed by atoms with Gasteiger partial charge in [0.1, 0.15) is 11.6 Å². The maximum absolute atomic E-state index is 15.4. The number of carbonyl (C=O) groups is 1. The number of allylic oxidation sites excluding steroid dienone is 1. The monoisotopic (exact) mass is 643 g/mol. The third-order valence-electron chi connectivity index (χ3n) is 10.6. The van der Waals surface area contributed by atoms with Gasteiger partial charge in [0.25, 0.3) is 5.91 Å². The third-order valence-corrected chi connectivity index (χ3v) is 12.8. The molecule has 0 saturated heterocycles. The molecule has 7 rings (SSSR count). The molecular formula is C34H43ClFN3O4S. The van der Waals surface area contributed by atoms with E-state index >= 15 is 4.39 Å². The molecule has 1 amide bonds. The minimum atomic E-state index is -3.93. The van der Waals surface area contributed by atoms with E-state index in [-0.39, 0.29) is 34.3 Å². The summed E-state index contributed by atoms with van der Waals surface area (Å²) < 4.78 is 50.9. The molecule has 1 saturated carbocycles. The Morgan fingerprint density at radius 3 is 2.59 bits per heavy atom. The predicted octanol–water partition coefficient (Wildman–Crippen LogP) is 6.20. The number of nitrogens with zero attached hydrogens (tertiary/aromatic N) is 2. The molecule has 0 spiro atoms. The first kappa shape index (κ1) is 31.4. The minimum Gasteiger partial charge on any atom is -0.491 e. The normalized spacial score (nSPS) is 30.3. The number of carbonyl (C=O) groups excluding carboxylic acids is 1. The molecule has 6 atom stereocenters. The van der Waals surface area contributed by atoms with Crippen LogP contribution in [0.1, 0.15) is 67.4 Å². The van der Waals surface area contributed by atoms with Crippen molar-refractivity contribution in [3.8, 4) is 5.75 Å². The molecule has 238 valence electrons. The Morgan fingerprint density at radius 2 is 1.89 bits per heavy atom. The number of hydrogen-bond donors (Lipinski definition) is 1. The van der Waals surface area contributed by atoms with Crippen LogP contribution in [-0.4, -0.2) is 57.8 Å². The molecule has 7 nitrogen and oxygen atoms in total. The summed E-state index contributed by atoms with van der Waals surface area (Å²) in [5.41, 5.74) is 3.80. The Balaban J connectivity index is 1.48. The average molecular weight is 644 g/mol. The first-order chi connectivity index (χ1) is 20.9. The van der Waals surface area contributed by atoms with Gasteiger partial charge in [0.05, 0.1) is 22.6 Å². The van der Waals surface area contributed by atoms with Crippen molar-refractivity contribution in [1.82, 2.24) is 9.62 Å². The smallest absolute Gasteiger partial charge is 0.264 e. The highest BCUT2D eigenvalue weighted by Crippen LogP contribution is 2.48. The van der Waals surface area contributed by atoms with E-state index in [0.717, 1.165) is 37.7 Å². The van der Waals surface area contributed by atoms with Crippen LogP contribution in [0.15, 0.2) is 42.0 Å². The summed E-state index contributed by atoms with van der Waals surface area (Å²) >= 11 is 6.24. The van der Waals surface area contributed by atoms with Gasteiger partial charge in [-0.25, -0.2) is 17.5 Å². The standard InChI is InChI=1S/C34H43ClFN3O4S/c1-20-21(2)44(41,42)37-34(40)22-10-13-31-30(17-22)39(18-23-9-12-29(35)32(36)27(23)7-5-6-14-43-31)19-24-8-11-28(24)33(38(3)4)26-15-25(20)16-26/h9-10,12-13,15,17,20-21,24-25,28,33H,5-8,11,14,16,18-19H2,1-4H3,(H,37,40)/t20-,21-,24+,25+,28-,33+/m1/s1. The van der Waals surface area contributed by atoms with Crippen LogP contribution in [0.3, 0.4) is 0 Å². The summed E-state index contributed by atoms with van der Waals surface area (Å²) in [5.74, 6) is 0.414. The van der Waals surface area contributed by atoms with Gasteiger partial charge in [-0.15, -0.1) is 0 Å². The summed E-state index contributed by atoms with van der Waals surface area (Å²) in [7, 11) is 0.325. The van der Waals surface area contributed by atoms with E-state index in [1.54, 1.807) is 31.2 Å². The number of ether oxygens (including phenoxy) is 1. The number of halogens is 2. The molecule has 1 N–H and O–H groups in total. The molecule has 0 aromatic heterocycles. The van der Waals surface area contributed by atoms with Crippen LogP contribution in [0.4, 0.5) is 10.1 Å². The predicted molar refractivity (Wildman–Crippen MR) is 172 cm³/mol. The molecule has 3 aliphatic heterocycles. The lowest BCUT2D eigenvalue weighted by atomic mass is 9.63. The molecule has 2 aromatic rings. The molecule has 10 heteroatoms. The first-order valence-corrected chi connectivity index (χ1v) is 17.8. The number of anilines is 1. The zero-order chi connectivity index (χ0) is 31.3. The van der Waals surface area contributed by atoms with Gasteiger partial charge in [0.2, 0.25) is 10.0 Å². The summed E-state index contributed by atoms with van der Waals surface area (Å²) in [4.78, 5) is 18.0. The summed E-state index contributed by atoms with van der Waals surface area (Å²) in [6.45, 7) is 5.21. The molecule has 0 radical (unpaired) electrons. The van der Waals surface area contributed by atoms with Gasteiger partial charge >= 0.3 is 0 Å². The Labute approximate surface area is 265 Å². The third kappa shape index (κ3) is 5.87. The van der Waals surface area contributed by atoms with Gasteiger partial charge in [-0.1, -0.05) is 36.2 Å². The van der Waals surface area contributed by atoms with Gasteiger partial charge in [-0.3, -0.25) is 4.79 Å². The first-order valence-electron chi connectivity index (χ1n) is 15.8. The van der Waals surface area contributed by atoms with Gasteiger partial charge in [0.15, 0.2) is 0 Å². The van der Waals surface area contributed by atoms with E-state index < -0.39 is 21.2 Å². The van der Waals surface area contributed by atoms with Crippen molar-refractivity contribution < 1.29 is 22.3 Å².